The van der Waals surface area contributed by atoms with Crippen LogP contribution in [0.5, 0.6) is 0 Å². The SMILES string of the molecule is O=C(c1ccoc1)N1CCCN(C(=O)c2cccc(-n3cccn3)c2)CC1. The van der Waals surface area contributed by atoms with Gasteiger partial charge in [-0.3, -0.25) is 9.59 Å². The Morgan fingerprint density at radius 2 is 1.70 bits per heavy atom. The van der Waals surface area contributed by atoms with Crippen molar-refractivity contribution in [2.75, 3.05) is 26.2 Å². The van der Waals surface area contributed by atoms with Crippen LogP contribution in [0.3, 0.4) is 0 Å². The molecule has 1 aliphatic rings. The number of hydrogen-bond acceptors (Lipinski definition) is 4. The molecule has 3 heterocycles. The van der Waals surface area contributed by atoms with Gasteiger partial charge in [-0.05, 0) is 36.8 Å². The van der Waals surface area contributed by atoms with Crippen LogP contribution in [-0.2, 0) is 0 Å². The van der Waals surface area contributed by atoms with Gasteiger partial charge in [0, 0.05) is 44.1 Å². The van der Waals surface area contributed by atoms with Crippen molar-refractivity contribution in [2.24, 2.45) is 0 Å². The van der Waals surface area contributed by atoms with Gasteiger partial charge in [-0.15, -0.1) is 0 Å². The summed E-state index contributed by atoms with van der Waals surface area (Å²) >= 11 is 0. The molecule has 4 rings (SSSR count). The van der Waals surface area contributed by atoms with Crippen LogP contribution in [0.2, 0.25) is 0 Å². The molecular weight excluding hydrogens is 344 g/mol. The Kier molecular flexibility index (Phi) is 4.74. The maximum absolute atomic E-state index is 13.0. The van der Waals surface area contributed by atoms with Crippen molar-refractivity contribution in [1.82, 2.24) is 19.6 Å². The summed E-state index contributed by atoms with van der Waals surface area (Å²) in [5.74, 6) is -0.0830. The quantitative estimate of drug-likeness (QED) is 0.716. The molecule has 138 valence electrons. The second-order valence-electron chi connectivity index (χ2n) is 6.45. The Bertz CT molecular complexity index is 919. The van der Waals surface area contributed by atoms with E-state index in [-0.39, 0.29) is 11.8 Å². The third-order valence-corrected chi connectivity index (χ3v) is 4.70. The number of aromatic nitrogens is 2. The number of nitrogens with zero attached hydrogens (tertiary/aromatic N) is 4. The van der Waals surface area contributed by atoms with Gasteiger partial charge in [-0.2, -0.15) is 5.10 Å². The summed E-state index contributed by atoms with van der Waals surface area (Å²) in [5, 5.41) is 4.21. The Hall–Kier alpha value is -3.35. The first kappa shape index (κ1) is 17.1. The number of carbonyl (C=O) groups is 2. The van der Waals surface area contributed by atoms with Crippen molar-refractivity contribution in [3.05, 3.63) is 72.4 Å². The van der Waals surface area contributed by atoms with Crippen LogP contribution in [0.25, 0.3) is 5.69 Å². The van der Waals surface area contributed by atoms with Crippen LogP contribution in [0.4, 0.5) is 0 Å². The van der Waals surface area contributed by atoms with E-state index in [9.17, 15) is 9.59 Å². The summed E-state index contributed by atoms with van der Waals surface area (Å²) in [7, 11) is 0. The molecule has 1 fully saturated rings. The largest absolute Gasteiger partial charge is 0.472 e. The number of amides is 2. The molecule has 7 nitrogen and oxygen atoms in total. The lowest BCUT2D eigenvalue weighted by Gasteiger charge is -2.22. The van der Waals surface area contributed by atoms with E-state index in [1.165, 1.54) is 12.5 Å². The number of benzene rings is 1. The van der Waals surface area contributed by atoms with Gasteiger partial charge in [-0.25, -0.2) is 4.68 Å². The van der Waals surface area contributed by atoms with Crippen LogP contribution >= 0.6 is 0 Å². The van der Waals surface area contributed by atoms with Crippen molar-refractivity contribution in [3.8, 4) is 5.69 Å². The highest BCUT2D eigenvalue weighted by molar-refractivity contribution is 5.95. The zero-order chi connectivity index (χ0) is 18.6. The zero-order valence-electron chi connectivity index (χ0n) is 14.8. The van der Waals surface area contributed by atoms with E-state index < -0.39 is 0 Å². The van der Waals surface area contributed by atoms with Gasteiger partial charge in [0.2, 0.25) is 0 Å². The number of rotatable bonds is 3. The van der Waals surface area contributed by atoms with Crippen molar-refractivity contribution in [2.45, 2.75) is 6.42 Å². The summed E-state index contributed by atoms with van der Waals surface area (Å²) < 4.78 is 6.72. The Morgan fingerprint density at radius 1 is 0.926 bits per heavy atom. The second kappa shape index (κ2) is 7.49. The van der Waals surface area contributed by atoms with E-state index in [2.05, 4.69) is 5.10 Å². The average molecular weight is 364 g/mol. The summed E-state index contributed by atoms with van der Waals surface area (Å²) in [6.45, 7) is 2.27. The van der Waals surface area contributed by atoms with E-state index in [4.69, 9.17) is 4.42 Å². The summed E-state index contributed by atoms with van der Waals surface area (Å²) in [6, 6.07) is 10.9. The van der Waals surface area contributed by atoms with Gasteiger partial charge in [0.1, 0.15) is 6.26 Å². The van der Waals surface area contributed by atoms with Crippen molar-refractivity contribution >= 4 is 11.8 Å². The Balaban J connectivity index is 1.45. The van der Waals surface area contributed by atoms with Gasteiger partial charge in [0.05, 0.1) is 17.5 Å². The lowest BCUT2D eigenvalue weighted by Crippen LogP contribution is -2.37. The molecule has 0 saturated carbocycles. The first-order valence-corrected chi connectivity index (χ1v) is 8.93. The molecule has 0 unspecified atom stereocenters. The normalized spacial score (nSPS) is 14.8. The number of carbonyl (C=O) groups excluding carboxylic acids is 2. The highest BCUT2D eigenvalue weighted by Gasteiger charge is 2.24. The van der Waals surface area contributed by atoms with Gasteiger partial charge < -0.3 is 14.2 Å². The molecule has 7 heteroatoms. The van der Waals surface area contributed by atoms with Gasteiger partial charge >= 0.3 is 0 Å². The maximum Gasteiger partial charge on any atom is 0.257 e. The van der Waals surface area contributed by atoms with Crippen LogP contribution in [0.15, 0.2) is 65.7 Å². The molecule has 1 aliphatic heterocycles. The molecule has 0 bridgehead atoms. The molecule has 0 radical (unpaired) electrons. The average Bonchev–Trinajstić information content (AvgIpc) is 3.38. The molecule has 27 heavy (non-hydrogen) atoms. The zero-order valence-corrected chi connectivity index (χ0v) is 14.8. The molecule has 2 amide bonds. The minimum Gasteiger partial charge on any atom is -0.472 e. The first-order valence-electron chi connectivity index (χ1n) is 8.93. The Labute approximate surface area is 156 Å². The summed E-state index contributed by atoms with van der Waals surface area (Å²) in [4.78, 5) is 29.0. The minimum atomic E-state index is -0.0567. The second-order valence-corrected chi connectivity index (χ2v) is 6.45. The summed E-state index contributed by atoms with van der Waals surface area (Å²) in [5.41, 5.74) is 2.01. The van der Waals surface area contributed by atoms with Crippen molar-refractivity contribution in [3.63, 3.8) is 0 Å². The fraction of sp³-hybridized carbons (Fsp3) is 0.250. The highest BCUT2D eigenvalue weighted by atomic mass is 16.3. The maximum atomic E-state index is 13.0. The molecular formula is C20H20N4O3. The molecule has 0 spiro atoms. The predicted octanol–water partition coefficient (Wildman–Crippen LogP) is 2.45. The van der Waals surface area contributed by atoms with E-state index >= 15 is 0 Å². The molecule has 1 aromatic carbocycles. The smallest absolute Gasteiger partial charge is 0.257 e. The fourth-order valence-corrected chi connectivity index (χ4v) is 3.28. The van der Waals surface area contributed by atoms with Crippen molar-refractivity contribution < 1.29 is 14.0 Å². The standard InChI is InChI=1S/C20H20N4O3/c25-19(16-4-1-5-18(14-16)24-10-2-7-21-24)22-8-3-9-23(12-11-22)20(26)17-6-13-27-15-17/h1-2,4-7,10,13-15H,3,8-9,11-12H2. The number of furan rings is 1. The topological polar surface area (TPSA) is 71.6 Å². The lowest BCUT2D eigenvalue weighted by molar-refractivity contribution is 0.0718. The van der Waals surface area contributed by atoms with Crippen LogP contribution < -0.4 is 0 Å². The number of hydrogen-bond donors (Lipinski definition) is 0. The van der Waals surface area contributed by atoms with E-state index in [1.807, 2.05) is 41.4 Å². The molecule has 0 aliphatic carbocycles. The van der Waals surface area contributed by atoms with E-state index in [1.54, 1.807) is 21.8 Å². The monoisotopic (exact) mass is 364 g/mol. The molecule has 3 aromatic rings. The Morgan fingerprint density at radius 3 is 2.37 bits per heavy atom. The van der Waals surface area contributed by atoms with Crippen LogP contribution in [0.1, 0.15) is 27.1 Å². The van der Waals surface area contributed by atoms with Gasteiger partial charge in [0.15, 0.2) is 0 Å². The molecule has 2 aromatic heterocycles. The van der Waals surface area contributed by atoms with Crippen LogP contribution in [0, 0.1) is 0 Å². The van der Waals surface area contributed by atoms with E-state index in [0.717, 1.165) is 12.1 Å². The third kappa shape index (κ3) is 3.62. The lowest BCUT2D eigenvalue weighted by atomic mass is 10.1. The molecule has 1 saturated heterocycles. The third-order valence-electron chi connectivity index (χ3n) is 4.70. The summed E-state index contributed by atoms with van der Waals surface area (Å²) in [6.07, 6.45) is 7.24. The van der Waals surface area contributed by atoms with Crippen LogP contribution in [-0.4, -0.2) is 57.6 Å². The first-order chi connectivity index (χ1) is 13.2. The minimum absolute atomic E-state index is 0.0263. The van der Waals surface area contributed by atoms with Crippen molar-refractivity contribution in [1.29, 1.82) is 0 Å². The molecule has 0 N–H and O–H groups in total. The fourth-order valence-electron chi connectivity index (χ4n) is 3.28. The molecule has 0 atom stereocenters. The predicted molar refractivity (Wildman–Crippen MR) is 98.7 cm³/mol. The highest BCUT2D eigenvalue weighted by Crippen LogP contribution is 2.15. The van der Waals surface area contributed by atoms with Gasteiger partial charge in [0.25, 0.3) is 11.8 Å². The van der Waals surface area contributed by atoms with Gasteiger partial charge in [-0.1, -0.05) is 6.07 Å². The van der Waals surface area contributed by atoms with E-state index in [0.29, 0.717) is 37.3 Å².